The number of hydrogen-bond acceptors (Lipinski definition) is 1. The lowest BCUT2D eigenvalue weighted by Crippen LogP contribution is -2.25. The summed E-state index contributed by atoms with van der Waals surface area (Å²) >= 11 is 0. The van der Waals surface area contributed by atoms with E-state index >= 15 is 0 Å². The third-order valence-corrected chi connectivity index (χ3v) is 3.23. The molecule has 0 spiro atoms. The molecule has 2 nitrogen and oxygen atoms in total. The van der Waals surface area contributed by atoms with Gasteiger partial charge >= 0.3 is 0 Å². The van der Waals surface area contributed by atoms with Crippen molar-refractivity contribution in [2.45, 2.75) is 6.92 Å². The van der Waals surface area contributed by atoms with Crippen molar-refractivity contribution in [1.29, 1.82) is 0 Å². The number of nitrogens with zero attached hydrogens (tertiary/aromatic N) is 2. The second kappa shape index (κ2) is 5.70. The summed E-state index contributed by atoms with van der Waals surface area (Å²) in [5.41, 5.74) is 5.01. The minimum absolute atomic E-state index is 1.22. The number of hydrogen-bond donors (Lipinski definition) is 0. The summed E-state index contributed by atoms with van der Waals surface area (Å²) in [5, 5.41) is 0. The van der Waals surface area contributed by atoms with Gasteiger partial charge in [0, 0.05) is 31.9 Å². The Morgan fingerprint density at radius 1 is 1.00 bits per heavy atom. The Bertz CT molecular complexity index is 581. The van der Waals surface area contributed by atoms with Crippen LogP contribution in [0.4, 0.5) is 5.69 Å². The maximum absolute atomic E-state index is 2.21. The molecule has 0 aliphatic heterocycles. The van der Waals surface area contributed by atoms with E-state index in [2.05, 4.69) is 80.8 Å². The monoisotopic (exact) mass is 253 g/mol. The van der Waals surface area contributed by atoms with Crippen LogP contribution < -0.4 is 9.47 Å². The molecule has 0 unspecified atom stereocenters. The van der Waals surface area contributed by atoms with Gasteiger partial charge in [-0.2, -0.15) is 0 Å². The largest absolute Gasteiger partial charge is 0.378 e. The van der Waals surface area contributed by atoms with Crippen LogP contribution in [0.5, 0.6) is 0 Å². The minimum atomic E-state index is 1.22. The van der Waals surface area contributed by atoms with Gasteiger partial charge in [-0.1, -0.05) is 18.2 Å². The fourth-order valence-corrected chi connectivity index (χ4v) is 1.93. The summed E-state index contributed by atoms with van der Waals surface area (Å²) in [4.78, 5) is 2.12. The van der Waals surface area contributed by atoms with Gasteiger partial charge in [0.15, 0.2) is 12.4 Å². The first-order chi connectivity index (χ1) is 9.06. The van der Waals surface area contributed by atoms with Crippen LogP contribution in [-0.4, -0.2) is 14.1 Å². The summed E-state index contributed by atoms with van der Waals surface area (Å²) in [6.45, 7) is 2.15. The smallest absolute Gasteiger partial charge is 0.169 e. The standard InChI is InChI=1S/C17H21N2/c1-14-13-17(18(2)3)8-7-16(14)6-5-15-9-11-19(4)12-10-15/h5-13H,1-4H3/q+1. The average molecular weight is 253 g/mol. The second-order valence-electron chi connectivity index (χ2n) is 5.07. The Hall–Kier alpha value is -2.09. The summed E-state index contributed by atoms with van der Waals surface area (Å²) < 4.78 is 2.04. The zero-order chi connectivity index (χ0) is 13.8. The molecule has 1 aromatic carbocycles. The van der Waals surface area contributed by atoms with E-state index < -0.39 is 0 Å². The van der Waals surface area contributed by atoms with Gasteiger partial charge in [-0.25, -0.2) is 4.57 Å². The zero-order valence-electron chi connectivity index (χ0n) is 12.1. The van der Waals surface area contributed by atoms with Crippen LogP contribution in [-0.2, 0) is 7.05 Å². The number of aromatic nitrogens is 1. The summed E-state index contributed by atoms with van der Waals surface area (Å²) in [6, 6.07) is 10.8. The van der Waals surface area contributed by atoms with E-state index in [4.69, 9.17) is 0 Å². The van der Waals surface area contributed by atoms with Gasteiger partial charge in [0.05, 0.1) is 0 Å². The molecule has 19 heavy (non-hydrogen) atoms. The summed E-state index contributed by atoms with van der Waals surface area (Å²) in [7, 11) is 6.15. The Balaban J connectivity index is 2.21. The molecule has 0 atom stereocenters. The first-order valence-electron chi connectivity index (χ1n) is 6.47. The van der Waals surface area contributed by atoms with Crippen LogP contribution in [0.3, 0.4) is 0 Å². The molecule has 0 N–H and O–H groups in total. The van der Waals surface area contributed by atoms with Gasteiger partial charge in [0.2, 0.25) is 0 Å². The summed E-state index contributed by atoms with van der Waals surface area (Å²) in [5.74, 6) is 0. The molecule has 0 saturated heterocycles. The van der Waals surface area contributed by atoms with Crippen LogP contribution in [0.15, 0.2) is 42.7 Å². The van der Waals surface area contributed by atoms with Gasteiger partial charge in [-0.3, -0.25) is 0 Å². The highest BCUT2D eigenvalue weighted by atomic mass is 15.1. The second-order valence-corrected chi connectivity index (χ2v) is 5.07. The van der Waals surface area contributed by atoms with E-state index in [0.717, 1.165) is 0 Å². The van der Waals surface area contributed by atoms with E-state index in [0.29, 0.717) is 0 Å². The molecule has 0 saturated carbocycles. The fraction of sp³-hybridized carbons (Fsp3) is 0.235. The molecule has 0 aliphatic rings. The number of rotatable bonds is 3. The van der Waals surface area contributed by atoms with Gasteiger partial charge in [0.25, 0.3) is 0 Å². The molecule has 0 amide bonds. The SMILES string of the molecule is Cc1cc(N(C)C)ccc1/C=C/c1cc[n+](C)cc1. The molecule has 1 heterocycles. The lowest BCUT2D eigenvalue weighted by atomic mass is 10.1. The first kappa shape index (κ1) is 13.3. The van der Waals surface area contributed by atoms with Crippen molar-refractivity contribution in [3.63, 3.8) is 0 Å². The number of pyridine rings is 1. The zero-order valence-corrected chi connectivity index (χ0v) is 12.1. The Labute approximate surface area is 115 Å². The molecule has 0 radical (unpaired) electrons. The van der Waals surface area contributed by atoms with Gasteiger partial charge in [0.1, 0.15) is 7.05 Å². The van der Waals surface area contributed by atoms with E-state index in [1.807, 2.05) is 11.6 Å². The van der Waals surface area contributed by atoms with Gasteiger partial charge < -0.3 is 4.90 Å². The molecule has 1 aromatic heterocycles. The van der Waals surface area contributed by atoms with E-state index in [1.54, 1.807) is 0 Å². The molecule has 0 bridgehead atoms. The van der Waals surface area contributed by atoms with Crippen molar-refractivity contribution in [3.8, 4) is 0 Å². The van der Waals surface area contributed by atoms with Crippen LogP contribution in [0.2, 0.25) is 0 Å². The van der Waals surface area contributed by atoms with Crippen LogP contribution in [0.25, 0.3) is 12.2 Å². The predicted octanol–water partition coefficient (Wildman–Crippen LogP) is 3.06. The number of anilines is 1. The van der Waals surface area contributed by atoms with Crippen molar-refractivity contribution in [2.75, 3.05) is 19.0 Å². The first-order valence-corrected chi connectivity index (χ1v) is 6.47. The summed E-state index contributed by atoms with van der Waals surface area (Å²) in [6.07, 6.45) is 8.44. The normalized spacial score (nSPS) is 10.9. The van der Waals surface area contributed by atoms with Crippen molar-refractivity contribution in [3.05, 3.63) is 59.4 Å². The Kier molecular flexibility index (Phi) is 4.00. The molecular weight excluding hydrogens is 232 g/mol. The molecule has 0 fully saturated rings. The molecule has 98 valence electrons. The van der Waals surface area contributed by atoms with Gasteiger partial charge in [-0.05, 0) is 35.7 Å². The third kappa shape index (κ3) is 3.44. The van der Waals surface area contributed by atoms with E-state index in [1.165, 1.54) is 22.4 Å². The highest BCUT2D eigenvalue weighted by Crippen LogP contribution is 2.19. The third-order valence-electron chi connectivity index (χ3n) is 3.23. The van der Waals surface area contributed by atoms with Crippen LogP contribution in [0, 0.1) is 6.92 Å². The topological polar surface area (TPSA) is 7.12 Å². The number of benzene rings is 1. The molecule has 2 aromatic rings. The van der Waals surface area contributed by atoms with E-state index in [9.17, 15) is 0 Å². The van der Waals surface area contributed by atoms with Crippen molar-refractivity contribution >= 4 is 17.8 Å². The average Bonchev–Trinajstić information content (AvgIpc) is 2.39. The Morgan fingerprint density at radius 2 is 1.68 bits per heavy atom. The molecule has 0 aliphatic carbocycles. The lowest BCUT2D eigenvalue weighted by molar-refractivity contribution is -0.671. The number of aryl methyl sites for hydroxylation is 2. The Morgan fingerprint density at radius 3 is 2.26 bits per heavy atom. The predicted molar refractivity (Wildman–Crippen MR) is 82.1 cm³/mol. The quantitative estimate of drug-likeness (QED) is 0.763. The molecule has 2 heteroatoms. The maximum atomic E-state index is 2.21. The highest BCUT2D eigenvalue weighted by molar-refractivity contribution is 5.72. The van der Waals surface area contributed by atoms with Crippen molar-refractivity contribution < 1.29 is 4.57 Å². The van der Waals surface area contributed by atoms with Crippen LogP contribution >= 0.6 is 0 Å². The van der Waals surface area contributed by atoms with Gasteiger partial charge in [-0.15, -0.1) is 0 Å². The molecule has 2 rings (SSSR count). The van der Waals surface area contributed by atoms with Crippen molar-refractivity contribution in [1.82, 2.24) is 0 Å². The van der Waals surface area contributed by atoms with E-state index in [-0.39, 0.29) is 0 Å². The van der Waals surface area contributed by atoms with Crippen molar-refractivity contribution in [2.24, 2.45) is 7.05 Å². The lowest BCUT2D eigenvalue weighted by Gasteiger charge is -2.13. The minimum Gasteiger partial charge on any atom is -0.378 e. The van der Waals surface area contributed by atoms with Crippen LogP contribution in [0.1, 0.15) is 16.7 Å². The fourth-order valence-electron chi connectivity index (χ4n) is 1.93. The molecular formula is C17H21N2+. The highest BCUT2D eigenvalue weighted by Gasteiger charge is 1.99. The maximum Gasteiger partial charge on any atom is 0.169 e.